The molecule has 1 aliphatic carbocycles. The zero-order valence-electron chi connectivity index (χ0n) is 17.8. The van der Waals surface area contributed by atoms with Gasteiger partial charge < -0.3 is 24.4 Å². The quantitative estimate of drug-likeness (QED) is 0.680. The van der Waals surface area contributed by atoms with Crippen molar-refractivity contribution in [2.24, 2.45) is 0 Å². The first-order valence-electron chi connectivity index (χ1n) is 11.2. The highest BCUT2D eigenvalue weighted by Crippen LogP contribution is 2.41. The van der Waals surface area contributed by atoms with Crippen molar-refractivity contribution in [2.75, 3.05) is 26.4 Å². The predicted octanol–water partition coefficient (Wildman–Crippen LogP) is 2.14. The Morgan fingerprint density at radius 3 is 2.74 bits per heavy atom. The molecule has 5 aliphatic rings. The Balaban J connectivity index is 1.48. The van der Waals surface area contributed by atoms with Crippen LogP contribution in [-0.2, 0) is 19.1 Å². The molecule has 4 heterocycles. The molecule has 0 aromatic heterocycles. The lowest BCUT2D eigenvalue weighted by molar-refractivity contribution is -0.145. The SMILES string of the molecule is C[C@@H]1C[C@]2(COCC(=O)N2)[C@H]2COC3CCC(CC3)c3ccc(F)cc3OCC(=O)N12. The van der Waals surface area contributed by atoms with Crippen LogP contribution in [0.5, 0.6) is 5.75 Å². The topological polar surface area (TPSA) is 77.1 Å². The summed E-state index contributed by atoms with van der Waals surface area (Å²) in [4.78, 5) is 27.2. The molecule has 0 unspecified atom stereocenters. The van der Waals surface area contributed by atoms with E-state index in [9.17, 15) is 14.0 Å². The summed E-state index contributed by atoms with van der Waals surface area (Å²) >= 11 is 0. The van der Waals surface area contributed by atoms with E-state index in [0.29, 0.717) is 25.4 Å². The molecule has 4 aliphatic heterocycles. The van der Waals surface area contributed by atoms with Gasteiger partial charge in [-0.05, 0) is 56.6 Å². The lowest BCUT2D eigenvalue weighted by Crippen LogP contribution is -2.65. The Kier molecular flexibility index (Phi) is 5.38. The number of hydrogen-bond donors (Lipinski definition) is 1. The first kappa shape index (κ1) is 20.7. The van der Waals surface area contributed by atoms with Gasteiger partial charge in [-0.2, -0.15) is 0 Å². The van der Waals surface area contributed by atoms with Crippen LogP contribution in [0.15, 0.2) is 18.2 Å². The van der Waals surface area contributed by atoms with E-state index in [0.717, 1.165) is 31.2 Å². The number of hydrogen-bond acceptors (Lipinski definition) is 5. The van der Waals surface area contributed by atoms with Crippen LogP contribution in [-0.4, -0.2) is 66.9 Å². The predicted molar refractivity (Wildman–Crippen MR) is 109 cm³/mol. The monoisotopic (exact) mass is 432 g/mol. The van der Waals surface area contributed by atoms with E-state index >= 15 is 0 Å². The van der Waals surface area contributed by atoms with Crippen LogP contribution in [0.3, 0.4) is 0 Å². The number of halogens is 1. The van der Waals surface area contributed by atoms with Crippen LogP contribution in [0.1, 0.15) is 50.5 Å². The number of rotatable bonds is 0. The molecule has 2 bridgehead atoms. The van der Waals surface area contributed by atoms with Gasteiger partial charge in [0.2, 0.25) is 5.91 Å². The molecule has 3 atom stereocenters. The highest BCUT2D eigenvalue weighted by atomic mass is 19.1. The molecule has 2 saturated heterocycles. The molecule has 1 spiro atoms. The summed E-state index contributed by atoms with van der Waals surface area (Å²) in [5, 5.41) is 3.10. The highest BCUT2D eigenvalue weighted by Gasteiger charge is 2.55. The van der Waals surface area contributed by atoms with E-state index in [1.54, 1.807) is 11.0 Å². The number of benzene rings is 1. The van der Waals surface area contributed by atoms with Crippen molar-refractivity contribution >= 4 is 11.8 Å². The lowest BCUT2D eigenvalue weighted by atomic mass is 9.82. The molecule has 1 aromatic rings. The molecule has 0 radical (unpaired) electrons. The first-order valence-corrected chi connectivity index (χ1v) is 11.2. The van der Waals surface area contributed by atoms with Crippen LogP contribution >= 0.6 is 0 Å². The second-order valence-corrected chi connectivity index (χ2v) is 9.34. The van der Waals surface area contributed by atoms with Crippen molar-refractivity contribution in [3.05, 3.63) is 29.6 Å². The number of nitrogens with one attached hydrogen (secondary N) is 1. The van der Waals surface area contributed by atoms with Crippen molar-refractivity contribution in [1.29, 1.82) is 0 Å². The fraction of sp³-hybridized carbons (Fsp3) is 0.652. The number of carbonyl (C=O) groups is 2. The van der Waals surface area contributed by atoms with Crippen LogP contribution in [0.2, 0.25) is 0 Å². The minimum absolute atomic E-state index is 0.0348. The summed E-state index contributed by atoms with van der Waals surface area (Å²) in [6.07, 6.45) is 4.34. The van der Waals surface area contributed by atoms with Crippen molar-refractivity contribution in [1.82, 2.24) is 10.2 Å². The second-order valence-electron chi connectivity index (χ2n) is 9.34. The minimum atomic E-state index is -0.661. The number of nitrogens with zero attached hydrogens (tertiary/aromatic N) is 1. The minimum Gasteiger partial charge on any atom is -0.483 e. The third kappa shape index (κ3) is 3.80. The molecule has 1 aromatic carbocycles. The Hall–Kier alpha value is -2.19. The highest BCUT2D eigenvalue weighted by molar-refractivity contribution is 5.81. The Morgan fingerprint density at radius 2 is 1.97 bits per heavy atom. The van der Waals surface area contributed by atoms with E-state index in [1.807, 2.05) is 6.92 Å². The molecule has 168 valence electrons. The average Bonchev–Trinajstić information content (AvgIpc) is 3.01. The fourth-order valence-electron chi connectivity index (χ4n) is 5.91. The Bertz CT molecular complexity index is 872. The van der Waals surface area contributed by atoms with Crippen LogP contribution < -0.4 is 10.1 Å². The zero-order chi connectivity index (χ0) is 21.6. The number of ether oxygens (including phenoxy) is 3. The first-order chi connectivity index (χ1) is 14.9. The van der Waals surface area contributed by atoms with Gasteiger partial charge in [-0.15, -0.1) is 0 Å². The van der Waals surface area contributed by atoms with Gasteiger partial charge in [0, 0.05) is 12.1 Å². The third-order valence-electron chi connectivity index (χ3n) is 7.31. The molecule has 31 heavy (non-hydrogen) atoms. The van der Waals surface area contributed by atoms with Gasteiger partial charge in [0.05, 0.1) is 30.9 Å². The molecule has 1 N–H and O–H groups in total. The molecular formula is C23H29FN2O5. The van der Waals surface area contributed by atoms with Gasteiger partial charge in [0.15, 0.2) is 6.61 Å². The maximum atomic E-state index is 14.0. The lowest BCUT2D eigenvalue weighted by Gasteiger charge is -2.41. The summed E-state index contributed by atoms with van der Waals surface area (Å²) in [6, 6.07) is 4.17. The molecule has 2 amide bonds. The number of fused-ring (bicyclic) bond motifs is 5. The third-order valence-corrected chi connectivity index (χ3v) is 7.31. The molecule has 6 rings (SSSR count). The molecule has 3 fully saturated rings. The van der Waals surface area contributed by atoms with Gasteiger partial charge in [-0.25, -0.2) is 4.39 Å². The van der Waals surface area contributed by atoms with Crippen LogP contribution in [0.25, 0.3) is 0 Å². The number of morpholine rings is 1. The van der Waals surface area contributed by atoms with Crippen molar-refractivity contribution in [2.45, 2.75) is 68.7 Å². The van der Waals surface area contributed by atoms with E-state index in [4.69, 9.17) is 14.2 Å². The van der Waals surface area contributed by atoms with Gasteiger partial charge in [0.1, 0.15) is 18.2 Å². The number of amides is 2. The maximum absolute atomic E-state index is 14.0. The van der Waals surface area contributed by atoms with Gasteiger partial charge in [-0.3, -0.25) is 9.59 Å². The van der Waals surface area contributed by atoms with Crippen LogP contribution in [0.4, 0.5) is 4.39 Å². The van der Waals surface area contributed by atoms with E-state index in [2.05, 4.69) is 5.32 Å². The maximum Gasteiger partial charge on any atom is 0.261 e. The zero-order valence-corrected chi connectivity index (χ0v) is 17.8. The average molecular weight is 432 g/mol. The van der Waals surface area contributed by atoms with Crippen molar-refractivity contribution in [3.8, 4) is 5.75 Å². The van der Waals surface area contributed by atoms with Crippen molar-refractivity contribution in [3.63, 3.8) is 0 Å². The standard InChI is InChI=1S/C23H29FN2O5/c1-14-9-23(13-29-11-21(27)25-23)20-10-30-17-5-2-15(3-6-17)18-7-4-16(24)8-19(18)31-12-22(28)26(14)20/h4,7-8,14-15,17,20H,2-3,5-6,9-13H2,1H3,(H,25,27)/t14-,15?,17?,20-,23+/m1/s1. The summed E-state index contributed by atoms with van der Waals surface area (Å²) in [7, 11) is 0. The largest absolute Gasteiger partial charge is 0.483 e. The summed E-state index contributed by atoms with van der Waals surface area (Å²) in [5.74, 6) is -0.0239. The molecule has 8 heteroatoms. The molecule has 7 nitrogen and oxygen atoms in total. The van der Waals surface area contributed by atoms with Gasteiger partial charge in [-0.1, -0.05) is 6.07 Å². The number of carbonyl (C=O) groups excluding carboxylic acids is 2. The second kappa shape index (κ2) is 8.06. The smallest absolute Gasteiger partial charge is 0.261 e. The normalized spacial score (nSPS) is 36.0. The summed E-state index contributed by atoms with van der Waals surface area (Å²) in [5.41, 5.74) is 0.300. The summed E-state index contributed by atoms with van der Waals surface area (Å²) in [6.45, 7) is 2.52. The van der Waals surface area contributed by atoms with Crippen molar-refractivity contribution < 1.29 is 28.2 Å². The van der Waals surface area contributed by atoms with Gasteiger partial charge >= 0.3 is 0 Å². The molecule has 1 saturated carbocycles. The van der Waals surface area contributed by atoms with Crippen LogP contribution in [0, 0.1) is 5.82 Å². The van der Waals surface area contributed by atoms with E-state index in [-0.39, 0.29) is 55.0 Å². The Morgan fingerprint density at radius 1 is 1.16 bits per heavy atom. The Labute approximate surface area is 181 Å². The van der Waals surface area contributed by atoms with E-state index < -0.39 is 5.54 Å². The fourth-order valence-corrected chi connectivity index (χ4v) is 5.91. The summed E-state index contributed by atoms with van der Waals surface area (Å²) < 4.78 is 31.8. The molecular weight excluding hydrogens is 403 g/mol. The van der Waals surface area contributed by atoms with E-state index in [1.165, 1.54) is 12.1 Å². The van der Waals surface area contributed by atoms with Gasteiger partial charge in [0.25, 0.3) is 5.91 Å².